The molecular weight excluding hydrogens is 289 g/mol. The number of benzene rings is 1. The van der Waals surface area contributed by atoms with Crippen molar-refractivity contribution >= 4 is 23.0 Å². The minimum atomic E-state index is -0.724. The van der Waals surface area contributed by atoms with E-state index in [1.807, 2.05) is 0 Å². The lowest BCUT2D eigenvalue weighted by molar-refractivity contribution is -0.384. The van der Waals surface area contributed by atoms with Crippen LogP contribution in [0.15, 0.2) is 16.7 Å². The number of aromatic nitrogens is 1. The Morgan fingerprint density at radius 2 is 2.20 bits per heavy atom. The summed E-state index contributed by atoms with van der Waals surface area (Å²) in [6, 6.07) is 1.98. The van der Waals surface area contributed by atoms with E-state index in [1.165, 1.54) is 0 Å². The standard InChI is InChI=1S/C12H11ClFN3O3/c1-6-8(7(2)20-16-6)5-15-11-4-10(14)9(13)3-12(11)17(18)19/h3-4,15H,5H2,1-2H3. The molecule has 0 fully saturated rings. The van der Waals surface area contributed by atoms with Gasteiger partial charge in [0.1, 0.15) is 17.3 Å². The van der Waals surface area contributed by atoms with Gasteiger partial charge in [-0.3, -0.25) is 10.1 Å². The van der Waals surface area contributed by atoms with E-state index in [-0.39, 0.29) is 22.9 Å². The van der Waals surface area contributed by atoms with Crippen LogP contribution in [-0.4, -0.2) is 10.1 Å². The van der Waals surface area contributed by atoms with Crippen molar-refractivity contribution in [2.45, 2.75) is 20.4 Å². The van der Waals surface area contributed by atoms with Crippen molar-refractivity contribution in [3.8, 4) is 0 Å². The molecule has 1 aromatic heterocycles. The molecule has 0 aliphatic carbocycles. The molecule has 1 N–H and O–H groups in total. The number of nitro benzene ring substituents is 1. The largest absolute Gasteiger partial charge is 0.375 e. The van der Waals surface area contributed by atoms with Crippen LogP contribution in [0.3, 0.4) is 0 Å². The first kappa shape index (κ1) is 14.3. The molecule has 20 heavy (non-hydrogen) atoms. The second kappa shape index (κ2) is 5.46. The van der Waals surface area contributed by atoms with Gasteiger partial charge in [-0.25, -0.2) is 4.39 Å². The number of aryl methyl sites for hydroxylation is 2. The summed E-state index contributed by atoms with van der Waals surface area (Å²) in [5.41, 5.74) is 1.21. The van der Waals surface area contributed by atoms with Crippen LogP contribution in [0.25, 0.3) is 0 Å². The summed E-state index contributed by atoms with van der Waals surface area (Å²) >= 11 is 5.55. The maximum absolute atomic E-state index is 13.4. The van der Waals surface area contributed by atoms with Crippen molar-refractivity contribution in [1.29, 1.82) is 0 Å². The van der Waals surface area contributed by atoms with Crippen LogP contribution in [-0.2, 0) is 6.54 Å². The fraction of sp³-hybridized carbons (Fsp3) is 0.250. The Kier molecular flexibility index (Phi) is 3.89. The Balaban J connectivity index is 2.29. The second-order valence-electron chi connectivity index (χ2n) is 4.20. The van der Waals surface area contributed by atoms with Crippen LogP contribution in [0.5, 0.6) is 0 Å². The zero-order chi connectivity index (χ0) is 14.9. The lowest BCUT2D eigenvalue weighted by atomic mass is 10.2. The van der Waals surface area contributed by atoms with Gasteiger partial charge >= 0.3 is 0 Å². The van der Waals surface area contributed by atoms with Gasteiger partial charge in [0.15, 0.2) is 0 Å². The summed E-state index contributed by atoms with van der Waals surface area (Å²) < 4.78 is 18.4. The fourth-order valence-electron chi connectivity index (χ4n) is 1.77. The van der Waals surface area contributed by atoms with E-state index in [4.69, 9.17) is 16.1 Å². The Bertz CT molecular complexity index is 653. The van der Waals surface area contributed by atoms with Crippen LogP contribution in [0.4, 0.5) is 15.8 Å². The highest BCUT2D eigenvalue weighted by Crippen LogP contribution is 2.31. The van der Waals surface area contributed by atoms with Gasteiger partial charge in [-0.2, -0.15) is 0 Å². The predicted octanol–water partition coefficient (Wildman–Crippen LogP) is 3.60. The van der Waals surface area contributed by atoms with E-state index in [1.54, 1.807) is 13.8 Å². The number of nitro groups is 1. The zero-order valence-electron chi connectivity index (χ0n) is 10.7. The Morgan fingerprint density at radius 3 is 2.75 bits per heavy atom. The van der Waals surface area contributed by atoms with E-state index in [0.29, 0.717) is 11.5 Å². The highest BCUT2D eigenvalue weighted by atomic mass is 35.5. The summed E-state index contributed by atoms with van der Waals surface area (Å²) in [5.74, 6) is -0.120. The molecule has 0 aliphatic heterocycles. The van der Waals surface area contributed by atoms with Crippen molar-refractivity contribution in [3.05, 3.63) is 50.1 Å². The number of hydrogen-bond acceptors (Lipinski definition) is 5. The van der Waals surface area contributed by atoms with Crippen LogP contribution >= 0.6 is 11.6 Å². The van der Waals surface area contributed by atoms with Gasteiger partial charge in [-0.1, -0.05) is 16.8 Å². The number of anilines is 1. The maximum atomic E-state index is 13.4. The third-order valence-corrected chi connectivity index (χ3v) is 3.16. The Labute approximate surface area is 118 Å². The molecule has 0 spiro atoms. The third kappa shape index (κ3) is 2.72. The van der Waals surface area contributed by atoms with Crippen LogP contribution in [0, 0.1) is 29.8 Å². The molecule has 0 unspecified atom stereocenters. The molecule has 0 amide bonds. The average molecular weight is 300 g/mol. The summed E-state index contributed by atoms with van der Waals surface area (Å²) in [7, 11) is 0. The first-order valence-electron chi connectivity index (χ1n) is 5.69. The van der Waals surface area contributed by atoms with Crippen molar-refractivity contribution in [1.82, 2.24) is 5.16 Å². The van der Waals surface area contributed by atoms with Crippen LogP contribution < -0.4 is 5.32 Å². The molecule has 2 aromatic rings. The normalized spacial score (nSPS) is 10.6. The first-order chi connectivity index (χ1) is 9.40. The monoisotopic (exact) mass is 299 g/mol. The Morgan fingerprint density at radius 1 is 1.50 bits per heavy atom. The maximum Gasteiger partial charge on any atom is 0.294 e. The molecule has 106 valence electrons. The number of nitrogens with one attached hydrogen (secondary N) is 1. The molecule has 0 aliphatic rings. The second-order valence-corrected chi connectivity index (χ2v) is 4.60. The SMILES string of the molecule is Cc1noc(C)c1CNc1cc(F)c(Cl)cc1[N+](=O)[O-]. The molecule has 8 heteroatoms. The van der Waals surface area contributed by atoms with Gasteiger partial charge in [0, 0.05) is 24.2 Å². The lowest BCUT2D eigenvalue weighted by Crippen LogP contribution is -2.04. The van der Waals surface area contributed by atoms with Gasteiger partial charge in [-0.05, 0) is 13.8 Å². The summed E-state index contributed by atoms with van der Waals surface area (Å²) in [6.07, 6.45) is 0. The molecule has 1 heterocycles. The van der Waals surface area contributed by atoms with Gasteiger partial charge in [0.05, 0.1) is 15.6 Å². The molecule has 0 atom stereocenters. The topological polar surface area (TPSA) is 81.2 Å². The van der Waals surface area contributed by atoms with E-state index in [2.05, 4.69) is 10.5 Å². The van der Waals surface area contributed by atoms with E-state index in [0.717, 1.165) is 17.7 Å². The molecule has 1 aromatic carbocycles. The highest BCUT2D eigenvalue weighted by Gasteiger charge is 2.18. The molecule has 6 nitrogen and oxygen atoms in total. The minimum Gasteiger partial charge on any atom is -0.375 e. The van der Waals surface area contributed by atoms with Crippen molar-refractivity contribution in [3.63, 3.8) is 0 Å². The highest BCUT2D eigenvalue weighted by molar-refractivity contribution is 6.31. The summed E-state index contributed by atoms with van der Waals surface area (Å²) in [6.45, 7) is 3.72. The minimum absolute atomic E-state index is 0.0527. The Hall–Kier alpha value is -2.15. The number of halogens is 2. The first-order valence-corrected chi connectivity index (χ1v) is 6.07. The third-order valence-electron chi connectivity index (χ3n) is 2.87. The smallest absolute Gasteiger partial charge is 0.294 e. The van der Waals surface area contributed by atoms with Gasteiger partial charge < -0.3 is 9.84 Å². The molecule has 0 bridgehead atoms. The zero-order valence-corrected chi connectivity index (χ0v) is 11.5. The predicted molar refractivity (Wildman–Crippen MR) is 71.4 cm³/mol. The number of nitrogens with zero attached hydrogens (tertiary/aromatic N) is 2. The lowest BCUT2D eigenvalue weighted by Gasteiger charge is -2.07. The van der Waals surface area contributed by atoms with E-state index < -0.39 is 10.7 Å². The number of hydrogen-bond donors (Lipinski definition) is 1. The summed E-state index contributed by atoms with van der Waals surface area (Å²) in [4.78, 5) is 10.3. The quantitative estimate of drug-likeness (QED) is 0.689. The van der Waals surface area contributed by atoms with E-state index >= 15 is 0 Å². The number of rotatable bonds is 4. The van der Waals surface area contributed by atoms with Crippen LogP contribution in [0.2, 0.25) is 5.02 Å². The van der Waals surface area contributed by atoms with Crippen molar-refractivity contribution in [2.24, 2.45) is 0 Å². The van der Waals surface area contributed by atoms with Crippen LogP contribution in [0.1, 0.15) is 17.0 Å². The van der Waals surface area contributed by atoms with Gasteiger partial charge in [0.25, 0.3) is 5.69 Å². The summed E-state index contributed by atoms with van der Waals surface area (Å²) in [5, 5.41) is 17.2. The molecule has 0 radical (unpaired) electrons. The van der Waals surface area contributed by atoms with Crippen molar-refractivity contribution < 1.29 is 13.8 Å². The van der Waals surface area contributed by atoms with Gasteiger partial charge in [0.2, 0.25) is 0 Å². The molecule has 0 saturated heterocycles. The van der Waals surface area contributed by atoms with Crippen molar-refractivity contribution in [2.75, 3.05) is 5.32 Å². The average Bonchev–Trinajstić information content (AvgIpc) is 2.70. The molecular formula is C12H11ClFN3O3. The fourth-order valence-corrected chi connectivity index (χ4v) is 1.92. The molecule has 2 rings (SSSR count). The van der Waals surface area contributed by atoms with Gasteiger partial charge in [-0.15, -0.1) is 0 Å². The van der Waals surface area contributed by atoms with E-state index in [9.17, 15) is 14.5 Å². The molecule has 0 saturated carbocycles.